The summed E-state index contributed by atoms with van der Waals surface area (Å²) in [6, 6.07) is 11.2. The van der Waals surface area contributed by atoms with Gasteiger partial charge in [0.2, 0.25) is 0 Å². The summed E-state index contributed by atoms with van der Waals surface area (Å²) in [5, 5.41) is 0.513. The van der Waals surface area contributed by atoms with Gasteiger partial charge in [0.05, 0.1) is 6.61 Å². The highest BCUT2D eigenvalue weighted by atomic mass is 35.5. The fourth-order valence-electron chi connectivity index (χ4n) is 3.02. The molecule has 0 saturated heterocycles. The summed E-state index contributed by atoms with van der Waals surface area (Å²) in [5.41, 5.74) is -0.108. The Balaban J connectivity index is 1.74. The van der Waals surface area contributed by atoms with Crippen LogP contribution in [-0.4, -0.2) is 29.9 Å². The second-order valence-corrected chi connectivity index (χ2v) is 7.59. The molecule has 1 heterocycles. The molecule has 0 radical (unpaired) electrons. The Hall–Kier alpha value is -2.86. The fourth-order valence-corrected chi connectivity index (χ4v) is 3.21. The van der Waals surface area contributed by atoms with Crippen LogP contribution in [0.2, 0.25) is 5.02 Å². The quantitative estimate of drug-likeness (QED) is 0.306. The fraction of sp³-hybridized carbons (Fsp3) is 0.318. The number of ether oxygens (including phenoxy) is 3. The Morgan fingerprint density at radius 2 is 1.86 bits per heavy atom. The lowest BCUT2D eigenvalue weighted by molar-refractivity contribution is -0.158. The molecule has 0 fully saturated rings. The van der Waals surface area contributed by atoms with Crippen molar-refractivity contribution in [2.24, 2.45) is 5.92 Å². The van der Waals surface area contributed by atoms with Crippen LogP contribution in [0.4, 0.5) is 0 Å². The molecule has 3 rings (SSSR count). The van der Waals surface area contributed by atoms with Crippen LogP contribution < -0.4 is 9.47 Å². The summed E-state index contributed by atoms with van der Waals surface area (Å²) >= 11 is 6.00. The molecular formula is C22H21ClO6. The minimum absolute atomic E-state index is 0.224. The Labute approximate surface area is 173 Å². The molecule has 6 nitrogen and oxygen atoms in total. The molecule has 0 aromatic heterocycles. The minimum atomic E-state index is -1.17. The summed E-state index contributed by atoms with van der Waals surface area (Å²) in [6.07, 6.45) is 0.224. The number of ketones is 1. The normalized spacial score (nSPS) is 15.9. The lowest BCUT2D eigenvalue weighted by atomic mass is 9.89. The van der Waals surface area contributed by atoms with Crippen molar-refractivity contribution in [3.05, 3.63) is 58.6 Å². The number of halogens is 1. The van der Waals surface area contributed by atoms with Crippen molar-refractivity contribution in [1.82, 2.24) is 0 Å². The highest BCUT2D eigenvalue weighted by Crippen LogP contribution is 2.32. The number of esters is 2. The predicted octanol–water partition coefficient (Wildman–Crippen LogP) is 4.02. The van der Waals surface area contributed by atoms with Gasteiger partial charge in [-0.15, -0.1) is 0 Å². The van der Waals surface area contributed by atoms with Gasteiger partial charge in [0, 0.05) is 10.6 Å². The van der Waals surface area contributed by atoms with E-state index >= 15 is 0 Å². The van der Waals surface area contributed by atoms with Crippen molar-refractivity contribution in [2.75, 3.05) is 6.61 Å². The van der Waals surface area contributed by atoms with Crippen molar-refractivity contribution in [2.45, 2.75) is 32.8 Å². The Kier molecular flexibility index (Phi) is 5.94. The number of rotatable bonds is 6. The van der Waals surface area contributed by atoms with Gasteiger partial charge in [0.15, 0.2) is 11.4 Å². The third-order valence-corrected chi connectivity index (χ3v) is 4.77. The van der Waals surface area contributed by atoms with Crippen molar-refractivity contribution >= 4 is 29.3 Å². The Morgan fingerprint density at radius 1 is 1.17 bits per heavy atom. The number of fused-ring (bicyclic) bond motifs is 1. The summed E-state index contributed by atoms with van der Waals surface area (Å²) in [7, 11) is 0. The highest BCUT2D eigenvalue weighted by Gasteiger charge is 2.35. The van der Waals surface area contributed by atoms with Crippen LogP contribution in [0.3, 0.4) is 0 Å². The van der Waals surface area contributed by atoms with Gasteiger partial charge in [-0.2, -0.15) is 0 Å². The van der Waals surface area contributed by atoms with Crippen molar-refractivity contribution < 1.29 is 28.6 Å². The molecule has 0 N–H and O–H groups in total. The first-order valence-corrected chi connectivity index (χ1v) is 9.59. The molecule has 1 atom stereocenters. The van der Waals surface area contributed by atoms with Gasteiger partial charge in [-0.25, -0.2) is 4.79 Å². The van der Waals surface area contributed by atoms with Gasteiger partial charge < -0.3 is 14.2 Å². The standard InChI is InChI=1S/C22H21ClO6/c1-4-27-21(26)22(2,3)29-16-8-5-13(6-9-16)19(24)17-12-14-11-15(23)7-10-18(14)28-20(17)25/h5-11,17H,4,12H2,1-3H3. The van der Waals surface area contributed by atoms with E-state index in [2.05, 4.69) is 0 Å². The second-order valence-electron chi connectivity index (χ2n) is 7.15. The van der Waals surface area contributed by atoms with Gasteiger partial charge in [0.1, 0.15) is 17.4 Å². The number of carbonyl (C=O) groups is 3. The maximum Gasteiger partial charge on any atom is 0.349 e. The van der Waals surface area contributed by atoms with Crippen LogP contribution in [0.25, 0.3) is 0 Å². The second kappa shape index (κ2) is 8.25. The van der Waals surface area contributed by atoms with Gasteiger partial charge >= 0.3 is 11.9 Å². The molecule has 0 spiro atoms. The van der Waals surface area contributed by atoms with Gasteiger partial charge in [-0.05, 0) is 75.2 Å². The largest absolute Gasteiger partial charge is 0.476 e. The molecule has 7 heteroatoms. The van der Waals surface area contributed by atoms with Gasteiger partial charge in [-0.1, -0.05) is 11.6 Å². The first kappa shape index (κ1) is 20.9. The van der Waals surface area contributed by atoms with Crippen LogP contribution in [-0.2, 0) is 20.7 Å². The summed E-state index contributed by atoms with van der Waals surface area (Å²) in [6.45, 7) is 5.18. The molecule has 152 valence electrons. The molecule has 1 aliphatic rings. The van der Waals surface area contributed by atoms with Crippen LogP contribution in [0.5, 0.6) is 11.5 Å². The molecular weight excluding hydrogens is 396 g/mol. The topological polar surface area (TPSA) is 78.9 Å². The third-order valence-electron chi connectivity index (χ3n) is 4.54. The number of benzene rings is 2. The van der Waals surface area contributed by atoms with E-state index < -0.39 is 23.5 Å². The van der Waals surface area contributed by atoms with E-state index in [1.165, 1.54) is 0 Å². The van der Waals surface area contributed by atoms with Gasteiger partial charge in [0.25, 0.3) is 0 Å². The zero-order valence-corrected chi connectivity index (χ0v) is 17.1. The smallest absolute Gasteiger partial charge is 0.349 e. The maximum absolute atomic E-state index is 12.8. The average Bonchev–Trinajstić information content (AvgIpc) is 2.68. The maximum atomic E-state index is 12.8. The zero-order valence-electron chi connectivity index (χ0n) is 16.4. The van der Waals surface area contributed by atoms with E-state index in [0.29, 0.717) is 27.6 Å². The minimum Gasteiger partial charge on any atom is -0.476 e. The predicted molar refractivity (Wildman–Crippen MR) is 106 cm³/mol. The lowest BCUT2D eigenvalue weighted by Gasteiger charge is -2.24. The number of hydrogen-bond donors (Lipinski definition) is 0. The van der Waals surface area contributed by atoms with E-state index in [-0.39, 0.29) is 18.8 Å². The third kappa shape index (κ3) is 4.59. The lowest BCUT2D eigenvalue weighted by Crippen LogP contribution is -2.39. The van der Waals surface area contributed by atoms with Crippen molar-refractivity contribution in [3.63, 3.8) is 0 Å². The first-order chi connectivity index (χ1) is 13.7. The summed E-state index contributed by atoms with van der Waals surface area (Å²) in [5.74, 6) is -1.53. The SMILES string of the molecule is CCOC(=O)C(C)(C)Oc1ccc(C(=O)C2Cc3cc(Cl)ccc3OC2=O)cc1. The molecule has 29 heavy (non-hydrogen) atoms. The van der Waals surface area contributed by atoms with Crippen LogP contribution in [0.1, 0.15) is 36.7 Å². The monoisotopic (exact) mass is 416 g/mol. The van der Waals surface area contributed by atoms with Crippen LogP contribution in [0, 0.1) is 5.92 Å². The highest BCUT2D eigenvalue weighted by molar-refractivity contribution is 6.30. The van der Waals surface area contributed by atoms with E-state index in [1.807, 2.05) is 0 Å². The molecule has 0 amide bonds. The van der Waals surface area contributed by atoms with Gasteiger partial charge in [-0.3, -0.25) is 9.59 Å². The molecule has 0 bridgehead atoms. The van der Waals surface area contributed by atoms with E-state index in [4.69, 9.17) is 25.8 Å². The number of Topliss-reactive ketones (excluding diaryl/α,β-unsaturated/α-hetero) is 1. The van der Waals surface area contributed by atoms with E-state index in [0.717, 1.165) is 0 Å². The average molecular weight is 417 g/mol. The number of hydrogen-bond acceptors (Lipinski definition) is 6. The van der Waals surface area contributed by atoms with Crippen molar-refractivity contribution in [1.29, 1.82) is 0 Å². The molecule has 1 aliphatic heterocycles. The first-order valence-electron chi connectivity index (χ1n) is 9.22. The van der Waals surface area contributed by atoms with E-state index in [9.17, 15) is 14.4 Å². The zero-order chi connectivity index (χ0) is 21.2. The Morgan fingerprint density at radius 3 is 2.52 bits per heavy atom. The van der Waals surface area contributed by atoms with Crippen LogP contribution in [0.15, 0.2) is 42.5 Å². The molecule has 1 unspecified atom stereocenters. The molecule has 2 aromatic rings. The summed E-state index contributed by atoms with van der Waals surface area (Å²) < 4.78 is 16.0. The molecule has 2 aromatic carbocycles. The molecule has 0 saturated carbocycles. The number of carbonyl (C=O) groups excluding carboxylic acids is 3. The van der Waals surface area contributed by atoms with E-state index in [1.54, 1.807) is 63.2 Å². The molecule has 0 aliphatic carbocycles. The summed E-state index contributed by atoms with van der Waals surface area (Å²) in [4.78, 5) is 37.1. The van der Waals surface area contributed by atoms with Crippen LogP contribution >= 0.6 is 11.6 Å². The van der Waals surface area contributed by atoms with Crippen molar-refractivity contribution in [3.8, 4) is 11.5 Å². The Bertz CT molecular complexity index is 948.